The fraction of sp³-hybridized carbons (Fsp3) is 0.208. The lowest BCUT2D eigenvalue weighted by molar-refractivity contribution is 0.0211. The third-order valence-corrected chi connectivity index (χ3v) is 7.31. The first kappa shape index (κ1) is 24.9. The van der Waals surface area contributed by atoms with Crippen LogP contribution in [0.3, 0.4) is 0 Å². The van der Waals surface area contributed by atoms with Crippen molar-refractivity contribution in [1.29, 1.82) is 0 Å². The molecule has 1 aliphatic rings. The summed E-state index contributed by atoms with van der Waals surface area (Å²) in [6.07, 6.45) is 2.89. The second kappa shape index (κ2) is 9.96. The predicted molar refractivity (Wildman–Crippen MR) is 139 cm³/mol. The number of sulfonamides is 1. The molecule has 0 unspecified atom stereocenters. The van der Waals surface area contributed by atoms with Crippen LogP contribution in [0.1, 0.15) is 0 Å². The van der Waals surface area contributed by atoms with Gasteiger partial charge in [0.25, 0.3) is 10.0 Å². The zero-order valence-electron chi connectivity index (χ0n) is 19.7. The highest BCUT2D eigenvalue weighted by Crippen LogP contribution is 2.37. The van der Waals surface area contributed by atoms with E-state index in [1.165, 1.54) is 25.4 Å². The van der Waals surface area contributed by atoms with Gasteiger partial charge in [-0.2, -0.15) is 0 Å². The van der Waals surface area contributed by atoms with E-state index in [0.717, 1.165) is 0 Å². The summed E-state index contributed by atoms with van der Waals surface area (Å²) in [5.41, 5.74) is 1.73. The fourth-order valence-corrected chi connectivity index (χ4v) is 5.28. The van der Waals surface area contributed by atoms with Crippen LogP contribution in [0.15, 0.2) is 53.7 Å². The van der Waals surface area contributed by atoms with E-state index in [0.29, 0.717) is 41.3 Å². The Morgan fingerprint density at radius 1 is 1.11 bits per heavy atom. The van der Waals surface area contributed by atoms with E-state index < -0.39 is 15.8 Å². The molecule has 0 aliphatic carbocycles. The van der Waals surface area contributed by atoms with Crippen molar-refractivity contribution in [2.75, 3.05) is 42.7 Å². The maximum absolute atomic E-state index is 15.9. The van der Waals surface area contributed by atoms with Gasteiger partial charge in [-0.1, -0.05) is 23.7 Å². The molecule has 2 aromatic heterocycles. The minimum atomic E-state index is -4.29. The average Bonchev–Trinajstić information content (AvgIpc) is 2.86. The third-order valence-electron chi connectivity index (χ3n) is 5.74. The molecule has 5 rings (SSSR count). The first-order valence-electron chi connectivity index (χ1n) is 11.1. The summed E-state index contributed by atoms with van der Waals surface area (Å²) in [4.78, 5) is 12.3. The summed E-state index contributed by atoms with van der Waals surface area (Å²) in [5, 5.41) is 7.04. The summed E-state index contributed by atoms with van der Waals surface area (Å²) in [5.74, 6) is -0.482. The fourth-order valence-electron chi connectivity index (χ4n) is 3.85. The van der Waals surface area contributed by atoms with Gasteiger partial charge in [0.2, 0.25) is 11.8 Å². The van der Waals surface area contributed by atoms with Crippen molar-refractivity contribution in [2.24, 2.45) is 0 Å². The number of fused-ring (bicyclic) bond motifs is 1. The number of hydrogen-bond acceptors (Lipinski definition) is 9. The van der Waals surface area contributed by atoms with Crippen LogP contribution in [-0.2, 0) is 14.8 Å². The molecule has 192 valence electrons. The van der Waals surface area contributed by atoms with Crippen molar-refractivity contribution in [2.45, 2.75) is 10.9 Å². The smallest absolute Gasteiger partial charge is 0.267 e. The first-order chi connectivity index (χ1) is 17.8. The largest absolute Gasteiger partial charge is 0.480 e. The van der Waals surface area contributed by atoms with Gasteiger partial charge in [-0.3, -0.25) is 4.72 Å². The molecule has 3 heterocycles. The minimum Gasteiger partial charge on any atom is -0.480 e. The summed E-state index contributed by atoms with van der Waals surface area (Å²) >= 11 is 5.95. The molecule has 0 spiro atoms. The van der Waals surface area contributed by atoms with Gasteiger partial charge in [0.1, 0.15) is 0 Å². The number of pyridine rings is 1. The van der Waals surface area contributed by atoms with E-state index in [-0.39, 0.29) is 33.1 Å². The van der Waals surface area contributed by atoms with Crippen LogP contribution in [0, 0.1) is 5.82 Å². The van der Waals surface area contributed by atoms with Gasteiger partial charge < -0.3 is 20.1 Å². The quantitative estimate of drug-likeness (QED) is 0.300. The number of rotatable bonds is 8. The van der Waals surface area contributed by atoms with Crippen molar-refractivity contribution in [1.82, 2.24) is 15.0 Å². The molecule has 0 radical (unpaired) electrons. The number of anilines is 3. The minimum absolute atomic E-state index is 0.0503. The molecule has 0 amide bonds. The number of nitrogens with one attached hydrogen (secondary N) is 3. The highest BCUT2D eigenvalue weighted by Gasteiger charge is 2.25. The van der Waals surface area contributed by atoms with Gasteiger partial charge in [0.15, 0.2) is 10.7 Å². The molecule has 4 aromatic rings. The number of methoxy groups -OCH3 is 1. The molecular weight excluding hydrogens is 523 g/mol. The number of nitrogens with zero attached hydrogens (tertiary/aromatic N) is 3. The Morgan fingerprint density at radius 3 is 2.62 bits per heavy atom. The highest BCUT2D eigenvalue weighted by atomic mass is 35.5. The topological polar surface area (TPSA) is 127 Å². The van der Waals surface area contributed by atoms with Crippen LogP contribution in [0.2, 0.25) is 5.02 Å². The van der Waals surface area contributed by atoms with Gasteiger partial charge in [0.05, 0.1) is 42.6 Å². The van der Waals surface area contributed by atoms with Crippen molar-refractivity contribution in [3.8, 4) is 17.0 Å². The maximum atomic E-state index is 15.9. The number of hydrogen-bond donors (Lipinski definition) is 3. The second-order valence-electron chi connectivity index (χ2n) is 8.21. The molecule has 0 atom stereocenters. The second-order valence-corrected chi connectivity index (χ2v) is 10.3. The monoisotopic (exact) mass is 544 g/mol. The standard InChI is InChI=1S/C24H22ClFN6O4S/c1-27-24-29-9-13-6-17(20(8-19(13)31-24)30-15-11-36-12-15)16-4-3-5-18(22(16)26)32-37(33,34)21-7-14(25)10-28-23(21)35-2/h3-10,15,30,32H,11-12H2,1-2H3,(H,27,29,31). The zero-order valence-corrected chi connectivity index (χ0v) is 21.3. The summed E-state index contributed by atoms with van der Waals surface area (Å²) < 4.78 is 54.8. The van der Waals surface area contributed by atoms with Crippen LogP contribution < -0.4 is 20.1 Å². The lowest BCUT2D eigenvalue weighted by atomic mass is 9.99. The van der Waals surface area contributed by atoms with Gasteiger partial charge >= 0.3 is 0 Å². The Morgan fingerprint density at radius 2 is 1.92 bits per heavy atom. The zero-order chi connectivity index (χ0) is 26.2. The third kappa shape index (κ3) is 4.95. The van der Waals surface area contributed by atoms with Crippen molar-refractivity contribution >= 4 is 49.9 Å². The van der Waals surface area contributed by atoms with Gasteiger partial charge in [0, 0.05) is 41.6 Å². The van der Waals surface area contributed by atoms with Crippen molar-refractivity contribution in [3.05, 3.63) is 59.6 Å². The summed E-state index contributed by atoms with van der Waals surface area (Å²) in [6, 6.07) is 9.27. The van der Waals surface area contributed by atoms with E-state index in [9.17, 15) is 8.42 Å². The van der Waals surface area contributed by atoms with E-state index >= 15 is 4.39 Å². The van der Waals surface area contributed by atoms with E-state index in [1.807, 2.05) is 6.07 Å². The number of halogens is 2. The van der Waals surface area contributed by atoms with Crippen molar-refractivity contribution in [3.63, 3.8) is 0 Å². The SMILES string of the molecule is CNc1ncc2cc(-c3cccc(NS(=O)(=O)c4cc(Cl)cnc4OC)c3F)c(NC3COC3)cc2n1. The van der Waals surface area contributed by atoms with Crippen LogP contribution in [0.25, 0.3) is 22.0 Å². The predicted octanol–water partition coefficient (Wildman–Crippen LogP) is 4.15. The number of ether oxygens (including phenoxy) is 2. The molecule has 0 bridgehead atoms. The maximum Gasteiger partial charge on any atom is 0.267 e. The molecule has 13 heteroatoms. The van der Waals surface area contributed by atoms with E-state index in [2.05, 4.69) is 30.3 Å². The van der Waals surface area contributed by atoms with Crippen LogP contribution in [0.5, 0.6) is 5.88 Å². The van der Waals surface area contributed by atoms with Crippen LogP contribution >= 0.6 is 11.6 Å². The van der Waals surface area contributed by atoms with Crippen LogP contribution in [0.4, 0.5) is 21.7 Å². The normalized spacial score (nSPS) is 13.7. The lowest BCUT2D eigenvalue weighted by Crippen LogP contribution is -2.40. The molecule has 3 N–H and O–H groups in total. The molecule has 0 saturated carbocycles. The first-order valence-corrected chi connectivity index (χ1v) is 13.0. The molecule has 1 aliphatic heterocycles. The van der Waals surface area contributed by atoms with E-state index in [1.54, 1.807) is 31.4 Å². The summed E-state index contributed by atoms with van der Waals surface area (Å²) in [7, 11) is -1.29. The van der Waals surface area contributed by atoms with Crippen molar-refractivity contribution < 1.29 is 22.3 Å². The molecule has 37 heavy (non-hydrogen) atoms. The van der Waals surface area contributed by atoms with Gasteiger partial charge in [-0.15, -0.1) is 0 Å². The van der Waals surface area contributed by atoms with E-state index in [4.69, 9.17) is 21.1 Å². The number of aromatic nitrogens is 3. The molecular formula is C24H22ClFN6O4S. The Bertz CT molecular complexity index is 1600. The Balaban J connectivity index is 1.59. The van der Waals surface area contributed by atoms with Gasteiger partial charge in [-0.05, 0) is 24.3 Å². The molecule has 2 aromatic carbocycles. The lowest BCUT2D eigenvalue weighted by Gasteiger charge is -2.29. The molecule has 10 nitrogen and oxygen atoms in total. The summed E-state index contributed by atoms with van der Waals surface area (Å²) in [6.45, 7) is 1.03. The number of benzene rings is 2. The van der Waals surface area contributed by atoms with Crippen LogP contribution in [-0.4, -0.2) is 56.8 Å². The Hall–Kier alpha value is -3.74. The molecule has 1 saturated heterocycles. The molecule has 1 fully saturated rings. The average molecular weight is 545 g/mol. The Kier molecular flexibility index (Phi) is 6.71. The van der Waals surface area contributed by atoms with Gasteiger partial charge in [-0.25, -0.2) is 27.8 Å². The Labute approximate surface area is 217 Å². The highest BCUT2D eigenvalue weighted by molar-refractivity contribution is 7.92.